The molecule has 2 heterocycles. The van der Waals surface area contributed by atoms with Crippen molar-refractivity contribution in [2.75, 3.05) is 46.3 Å². The van der Waals surface area contributed by atoms with Gasteiger partial charge < -0.3 is 9.80 Å². The number of carbonyl (C=O) groups is 1. The van der Waals surface area contributed by atoms with Gasteiger partial charge in [-0.25, -0.2) is 0 Å². The van der Waals surface area contributed by atoms with Gasteiger partial charge in [-0.1, -0.05) is 34.7 Å². The molecule has 0 N–H and O–H groups in total. The highest BCUT2D eigenvalue weighted by atomic mass is 127. The molecule has 5 heteroatoms. The predicted molar refractivity (Wildman–Crippen MR) is 102 cm³/mol. The van der Waals surface area contributed by atoms with E-state index in [2.05, 4.69) is 51.6 Å². The first-order valence-electron chi connectivity index (χ1n) is 8.55. The quantitative estimate of drug-likeness (QED) is 0.548. The van der Waals surface area contributed by atoms with Crippen molar-refractivity contribution in [2.45, 2.75) is 23.3 Å². The maximum absolute atomic E-state index is 12.5. The molecule has 2 saturated heterocycles. The smallest absolute Gasteiger partial charge is 0.253 e. The van der Waals surface area contributed by atoms with Crippen LogP contribution in [-0.2, 0) is 6.54 Å². The van der Waals surface area contributed by atoms with Crippen LogP contribution in [0.15, 0.2) is 24.3 Å². The molecule has 0 aliphatic carbocycles. The fraction of sp³-hybridized carbons (Fsp3) is 0.611. The van der Waals surface area contributed by atoms with E-state index in [0.29, 0.717) is 0 Å². The maximum Gasteiger partial charge on any atom is 0.253 e. The van der Waals surface area contributed by atoms with Crippen molar-refractivity contribution in [3.8, 4) is 0 Å². The number of alkyl halides is 1. The Bertz CT molecular complexity index is 518. The molecule has 2 aliphatic rings. The number of piperidine rings is 1. The third kappa shape index (κ3) is 4.67. The number of hydrogen-bond acceptors (Lipinski definition) is 3. The van der Waals surface area contributed by atoms with Crippen LogP contribution in [0.4, 0.5) is 0 Å². The Morgan fingerprint density at radius 1 is 1.04 bits per heavy atom. The van der Waals surface area contributed by atoms with Crippen molar-refractivity contribution >= 4 is 28.5 Å². The van der Waals surface area contributed by atoms with E-state index >= 15 is 0 Å². The topological polar surface area (TPSA) is 26.8 Å². The predicted octanol–water partition coefficient (Wildman–Crippen LogP) is 2.47. The molecule has 0 atom stereocenters. The average Bonchev–Trinajstić information content (AvgIpc) is 2.58. The molecular formula is C18H26IN3O. The number of carbonyl (C=O) groups excluding carboxylic acids is 1. The summed E-state index contributed by atoms with van der Waals surface area (Å²) in [5, 5.41) is 0. The van der Waals surface area contributed by atoms with Gasteiger partial charge in [-0.15, -0.1) is 0 Å². The summed E-state index contributed by atoms with van der Waals surface area (Å²) in [4.78, 5) is 19.3. The lowest BCUT2D eigenvalue weighted by molar-refractivity contribution is 0.0664. The van der Waals surface area contributed by atoms with Crippen LogP contribution in [-0.4, -0.2) is 70.8 Å². The van der Waals surface area contributed by atoms with Gasteiger partial charge in [0.2, 0.25) is 0 Å². The van der Waals surface area contributed by atoms with Gasteiger partial charge in [-0.3, -0.25) is 9.69 Å². The standard InChI is InChI=1S/C18H26IN3O/c1-20-10-12-22(13-11-20)18(23)16-4-2-15(3-5-16)14-21-8-6-17(19)7-9-21/h2-5,17H,6-14H2,1H3. The normalized spacial score (nSPS) is 21.6. The second kappa shape index (κ2) is 7.94. The van der Waals surface area contributed by atoms with Crippen LogP contribution < -0.4 is 0 Å². The van der Waals surface area contributed by atoms with Crippen LogP contribution in [0.3, 0.4) is 0 Å². The van der Waals surface area contributed by atoms with Gasteiger partial charge in [-0.05, 0) is 50.7 Å². The first-order chi connectivity index (χ1) is 11.1. The Labute approximate surface area is 153 Å². The SMILES string of the molecule is CN1CCN(C(=O)c2ccc(CN3CCC(I)CC3)cc2)CC1. The molecule has 1 amide bonds. The molecule has 1 aromatic rings. The van der Waals surface area contributed by atoms with Crippen molar-refractivity contribution in [1.29, 1.82) is 0 Å². The van der Waals surface area contributed by atoms with Crippen molar-refractivity contribution in [3.05, 3.63) is 35.4 Å². The maximum atomic E-state index is 12.5. The minimum absolute atomic E-state index is 0.176. The zero-order valence-corrected chi connectivity index (χ0v) is 16.0. The first kappa shape index (κ1) is 17.2. The summed E-state index contributed by atoms with van der Waals surface area (Å²) in [6.07, 6.45) is 2.58. The van der Waals surface area contributed by atoms with E-state index in [1.165, 1.54) is 31.5 Å². The minimum Gasteiger partial charge on any atom is -0.336 e. The van der Waals surface area contributed by atoms with E-state index in [0.717, 1.165) is 42.2 Å². The van der Waals surface area contributed by atoms with Crippen LogP contribution in [0.25, 0.3) is 0 Å². The third-order valence-corrected chi connectivity index (χ3v) is 6.16. The van der Waals surface area contributed by atoms with Crippen LogP contribution in [0.1, 0.15) is 28.8 Å². The van der Waals surface area contributed by atoms with Crippen LogP contribution in [0.5, 0.6) is 0 Å². The molecule has 126 valence electrons. The molecular weight excluding hydrogens is 401 g/mol. The zero-order valence-electron chi connectivity index (χ0n) is 13.9. The van der Waals surface area contributed by atoms with Crippen molar-refractivity contribution in [1.82, 2.24) is 14.7 Å². The van der Waals surface area contributed by atoms with E-state index in [-0.39, 0.29) is 5.91 Å². The van der Waals surface area contributed by atoms with Gasteiger partial charge in [0, 0.05) is 42.2 Å². The Morgan fingerprint density at radius 3 is 2.26 bits per heavy atom. The van der Waals surface area contributed by atoms with E-state index in [4.69, 9.17) is 0 Å². The molecule has 0 unspecified atom stereocenters. The Balaban J connectivity index is 1.55. The van der Waals surface area contributed by atoms with Gasteiger partial charge in [0.25, 0.3) is 5.91 Å². The van der Waals surface area contributed by atoms with Crippen molar-refractivity contribution in [2.24, 2.45) is 0 Å². The summed E-state index contributed by atoms with van der Waals surface area (Å²) in [6, 6.07) is 8.25. The molecule has 1 aromatic carbocycles. The second-order valence-corrected chi connectivity index (χ2v) is 8.50. The van der Waals surface area contributed by atoms with E-state index in [1.807, 2.05) is 17.0 Å². The zero-order chi connectivity index (χ0) is 16.2. The lowest BCUT2D eigenvalue weighted by atomic mass is 10.1. The summed E-state index contributed by atoms with van der Waals surface area (Å²) in [5.74, 6) is 0.176. The molecule has 0 bridgehead atoms. The molecule has 0 spiro atoms. The second-order valence-electron chi connectivity index (χ2n) is 6.74. The monoisotopic (exact) mass is 427 g/mol. The molecule has 4 nitrogen and oxygen atoms in total. The molecule has 3 rings (SSSR count). The number of likely N-dealkylation sites (N-methyl/N-ethyl adjacent to an activating group) is 1. The van der Waals surface area contributed by atoms with Gasteiger partial charge in [-0.2, -0.15) is 0 Å². The molecule has 23 heavy (non-hydrogen) atoms. The first-order valence-corrected chi connectivity index (χ1v) is 9.79. The molecule has 0 aromatic heterocycles. The summed E-state index contributed by atoms with van der Waals surface area (Å²) >= 11 is 2.56. The van der Waals surface area contributed by atoms with E-state index in [9.17, 15) is 4.79 Å². The number of hydrogen-bond donors (Lipinski definition) is 0. The van der Waals surface area contributed by atoms with Gasteiger partial charge in [0.1, 0.15) is 0 Å². The van der Waals surface area contributed by atoms with E-state index < -0.39 is 0 Å². The lowest BCUT2D eigenvalue weighted by Crippen LogP contribution is -2.47. The Morgan fingerprint density at radius 2 is 1.65 bits per heavy atom. The number of likely N-dealkylation sites (tertiary alicyclic amines) is 1. The number of piperazine rings is 1. The fourth-order valence-corrected chi connectivity index (χ4v) is 3.82. The molecule has 2 fully saturated rings. The van der Waals surface area contributed by atoms with E-state index in [1.54, 1.807) is 0 Å². The average molecular weight is 427 g/mol. The summed E-state index contributed by atoms with van der Waals surface area (Å²) < 4.78 is 0.840. The fourth-order valence-electron chi connectivity index (χ4n) is 3.26. The van der Waals surface area contributed by atoms with Crippen LogP contribution in [0.2, 0.25) is 0 Å². The Kier molecular flexibility index (Phi) is 5.93. The molecule has 0 radical (unpaired) electrons. The van der Waals surface area contributed by atoms with Gasteiger partial charge in [0.15, 0.2) is 0 Å². The number of halogens is 1. The number of benzene rings is 1. The molecule has 2 aliphatic heterocycles. The van der Waals surface area contributed by atoms with Gasteiger partial charge >= 0.3 is 0 Å². The highest BCUT2D eigenvalue weighted by Crippen LogP contribution is 2.20. The van der Waals surface area contributed by atoms with Crippen molar-refractivity contribution < 1.29 is 4.79 Å². The highest BCUT2D eigenvalue weighted by molar-refractivity contribution is 14.1. The number of rotatable bonds is 3. The molecule has 0 saturated carbocycles. The Hall–Kier alpha value is -0.660. The lowest BCUT2D eigenvalue weighted by Gasteiger charge is -2.32. The summed E-state index contributed by atoms with van der Waals surface area (Å²) in [7, 11) is 2.11. The number of amides is 1. The van der Waals surface area contributed by atoms with Crippen LogP contribution in [0, 0.1) is 0 Å². The minimum atomic E-state index is 0.176. The largest absolute Gasteiger partial charge is 0.336 e. The highest BCUT2D eigenvalue weighted by Gasteiger charge is 2.20. The third-order valence-electron chi connectivity index (χ3n) is 4.91. The summed E-state index contributed by atoms with van der Waals surface area (Å²) in [5.41, 5.74) is 2.14. The van der Waals surface area contributed by atoms with Crippen molar-refractivity contribution in [3.63, 3.8) is 0 Å². The number of nitrogens with zero attached hydrogens (tertiary/aromatic N) is 3. The van der Waals surface area contributed by atoms with Gasteiger partial charge in [0.05, 0.1) is 0 Å². The summed E-state index contributed by atoms with van der Waals surface area (Å²) in [6.45, 7) is 7.00. The van der Waals surface area contributed by atoms with Crippen LogP contribution >= 0.6 is 22.6 Å².